The highest BCUT2D eigenvalue weighted by molar-refractivity contribution is 6.05. The van der Waals surface area contributed by atoms with Gasteiger partial charge < -0.3 is 20.9 Å². The van der Waals surface area contributed by atoms with Gasteiger partial charge in [0.25, 0.3) is 5.91 Å². The topological polar surface area (TPSA) is 78.7 Å². The largest absolute Gasteiger partial charge is 0.397 e. The van der Waals surface area contributed by atoms with Crippen LogP contribution in [0.4, 0.5) is 17.1 Å². The lowest BCUT2D eigenvalue weighted by Gasteiger charge is -2.37. The van der Waals surface area contributed by atoms with Gasteiger partial charge in [0.2, 0.25) is 5.91 Å². The summed E-state index contributed by atoms with van der Waals surface area (Å²) in [6.45, 7) is 2.78. The Balaban J connectivity index is 1.35. The van der Waals surface area contributed by atoms with E-state index in [4.69, 9.17) is 5.73 Å². The Morgan fingerprint density at radius 3 is 2.36 bits per heavy atom. The highest BCUT2D eigenvalue weighted by Crippen LogP contribution is 2.26. The van der Waals surface area contributed by atoms with Crippen LogP contribution in [-0.2, 0) is 4.79 Å². The molecule has 0 saturated carbocycles. The Kier molecular flexibility index (Phi) is 5.19. The van der Waals surface area contributed by atoms with Gasteiger partial charge in [0, 0.05) is 43.3 Å². The SMILES string of the molecule is Nc1ccccc1NC(=O)c1ccc(N2CCC(N3CCCC3=O)CC2)cc1. The zero-order chi connectivity index (χ0) is 19.5. The van der Waals surface area contributed by atoms with Crippen LogP contribution in [0.1, 0.15) is 36.0 Å². The van der Waals surface area contributed by atoms with Crippen molar-refractivity contribution in [3.8, 4) is 0 Å². The van der Waals surface area contributed by atoms with Crippen LogP contribution in [0, 0.1) is 0 Å². The number of benzene rings is 2. The summed E-state index contributed by atoms with van der Waals surface area (Å²) >= 11 is 0. The number of piperidine rings is 1. The minimum Gasteiger partial charge on any atom is -0.397 e. The van der Waals surface area contributed by atoms with Crippen LogP contribution in [0.15, 0.2) is 48.5 Å². The number of hydrogen-bond acceptors (Lipinski definition) is 4. The summed E-state index contributed by atoms with van der Waals surface area (Å²) in [5.74, 6) is 0.142. The standard InChI is InChI=1S/C22H26N4O2/c23-19-4-1-2-5-20(19)24-22(28)16-7-9-17(10-8-16)25-14-11-18(12-15-25)26-13-3-6-21(26)27/h1-2,4-5,7-10,18H,3,6,11-15,23H2,(H,24,28). The number of nitrogens with one attached hydrogen (secondary N) is 1. The Morgan fingerprint density at radius 2 is 1.71 bits per heavy atom. The molecule has 0 aromatic heterocycles. The Bertz CT molecular complexity index is 857. The number of anilines is 3. The lowest BCUT2D eigenvalue weighted by molar-refractivity contribution is -0.130. The van der Waals surface area contributed by atoms with Crippen molar-refractivity contribution in [1.29, 1.82) is 0 Å². The molecule has 4 rings (SSSR count). The molecule has 2 amide bonds. The zero-order valence-electron chi connectivity index (χ0n) is 15.9. The molecule has 2 saturated heterocycles. The summed E-state index contributed by atoms with van der Waals surface area (Å²) in [5.41, 5.74) is 8.77. The highest BCUT2D eigenvalue weighted by atomic mass is 16.2. The van der Waals surface area contributed by atoms with Crippen molar-refractivity contribution in [2.24, 2.45) is 0 Å². The van der Waals surface area contributed by atoms with Gasteiger partial charge in [0.1, 0.15) is 0 Å². The van der Waals surface area contributed by atoms with Crippen LogP contribution in [0.5, 0.6) is 0 Å². The number of nitrogen functional groups attached to an aromatic ring is 1. The molecule has 2 heterocycles. The van der Waals surface area contributed by atoms with Crippen molar-refractivity contribution >= 4 is 28.9 Å². The molecule has 2 aromatic carbocycles. The van der Waals surface area contributed by atoms with E-state index in [9.17, 15) is 9.59 Å². The summed E-state index contributed by atoms with van der Waals surface area (Å²) < 4.78 is 0. The van der Waals surface area contributed by atoms with E-state index in [0.29, 0.717) is 35.3 Å². The minimum absolute atomic E-state index is 0.171. The summed E-state index contributed by atoms with van der Waals surface area (Å²) in [4.78, 5) is 28.8. The number of carbonyl (C=O) groups excluding carboxylic acids is 2. The fraction of sp³-hybridized carbons (Fsp3) is 0.364. The van der Waals surface area contributed by atoms with Crippen molar-refractivity contribution in [2.75, 3.05) is 35.6 Å². The molecule has 2 fully saturated rings. The van der Waals surface area contributed by atoms with Crippen molar-refractivity contribution in [3.63, 3.8) is 0 Å². The van der Waals surface area contributed by atoms with Crippen LogP contribution in [0.25, 0.3) is 0 Å². The maximum atomic E-state index is 12.5. The first kappa shape index (κ1) is 18.3. The molecular weight excluding hydrogens is 352 g/mol. The van der Waals surface area contributed by atoms with E-state index in [0.717, 1.165) is 44.6 Å². The van der Waals surface area contributed by atoms with E-state index in [1.165, 1.54) is 0 Å². The molecule has 146 valence electrons. The normalized spacial score (nSPS) is 17.8. The van der Waals surface area contributed by atoms with Crippen LogP contribution in [0.3, 0.4) is 0 Å². The molecule has 3 N–H and O–H groups in total. The van der Waals surface area contributed by atoms with Crippen molar-refractivity contribution in [2.45, 2.75) is 31.7 Å². The van der Waals surface area contributed by atoms with E-state index in [-0.39, 0.29) is 5.91 Å². The van der Waals surface area contributed by atoms with E-state index < -0.39 is 0 Å². The molecular formula is C22H26N4O2. The van der Waals surface area contributed by atoms with E-state index in [1.807, 2.05) is 36.4 Å². The first-order valence-electron chi connectivity index (χ1n) is 9.92. The quantitative estimate of drug-likeness (QED) is 0.802. The zero-order valence-corrected chi connectivity index (χ0v) is 15.9. The van der Waals surface area contributed by atoms with Gasteiger partial charge in [-0.3, -0.25) is 9.59 Å². The van der Waals surface area contributed by atoms with Crippen LogP contribution >= 0.6 is 0 Å². The minimum atomic E-state index is -0.171. The van der Waals surface area contributed by atoms with Gasteiger partial charge >= 0.3 is 0 Å². The third-order valence-electron chi connectivity index (χ3n) is 5.72. The molecule has 0 aliphatic carbocycles. The predicted octanol–water partition coefficient (Wildman–Crippen LogP) is 3.11. The highest BCUT2D eigenvalue weighted by Gasteiger charge is 2.30. The Hall–Kier alpha value is -3.02. The van der Waals surface area contributed by atoms with Gasteiger partial charge in [-0.2, -0.15) is 0 Å². The molecule has 0 bridgehead atoms. The van der Waals surface area contributed by atoms with E-state index in [2.05, 4.69) is 15.1 Å². The number of nitrogens with two attached hydrogens (primary N) is 1. The third-order valence-corrected chi connectivity index (χ3v) is 5.72. The van der Waals surface area contributed by atoms with Crippen molar-refractivity contribution in [3.05, 3.63) is 54.1 Å². The fourth-order valence-corrected chi connectivity index (χ4v) is 4.12. The molecule has 6 nitrogen and oxygen atoms in total. The average Bonchev–Trinajstić information content (AvgIpc) is 3.16. The predicted molar refractivity (Wildman–Crippen MR) is 111 cm³/mol. The van der Waals surface area contributed by atoms with Crippen LogP contribution in [0.2, 0.25) is 0 Å². The summed E-state index contributed by atoms with van der Waals surface area (Å²) in [6, 6.07) is 15.3. The lowest BCUT2D eigenvalue weighted by Crippen LogP contribution is -2.45. The molecule has 2 aromatic rings. The average molecular weight is 378 g/mol. The van der Waals surface area contributed by atoms with Gasteiger partial charge in [-0.15, -0.1) is 0 Å². The van der Waals surface area contributed by atoms with Gasteiger partial charge in [0.05, 0.1) is 11.4 Å². The maximum Gasteiger partial charge on any atom is 0.255 e. The number of amides is 2. The number of carbonyl (C=O) groups is 2. The third kappa shape index (κ3) is 3.81. The summed E-state index contributed by atoms with van der Waals surface area (Å²) in [5, 5.41) is 2.85. The number of para-hydroxylation sites is 2. The molecule has 6 heteroatoms. The number of nitrogens with zero attached hydrogens (tertiary/aromatic N) is 2. The molecule has 0 unspecified atom stereocenters. The van der Waals surface area contributed by atoms with Gasteiger partial charge in [-0.1, -0.05) is 12.1 Å². The molecule has 0 atom stereocenters. The molecule has 0 radical (unpaired) electrons. The maximum absolute atomic E-state index is 12.5. The number of hydrogen-bond donors (Lipinski definition) is 2. The van der Waals surface area contributed by atoms with E-state index >= 15 is 0 Å². The number of rotatable bonds is 4. The smallest absolute Gasteiger partial charge is 0.255 e. The van der Waals surface area contributed by atoms with Crippen molar-refractivity contribution < 1.29 is 9.59 Å². The molecule has 2 aliphatic rings. The van der Waals surface area contributed by atoms with Gasteiger partial charge in [0.15, 0.2) is 0 Å². The first-order chi connectivity index (χ1) is 13.6. The monoisotopic (exact) mass is 378 g/mol. The van der Waals surface area contributed by atoms with Crippen LogP contribution in [-0.4, -0.2) is 42.4 Å². The second kappa shape index (κ2) is 7.92. The lowest BCUT2D eigenvalue weighted by atomic mass is 10.0. The van der Waals surface area contributed by atoms with Crippen LogP contribution < -0.4 is 16.0 Å². The summed E-state index contributed by atoms with van der Waals surface area (Å²) in [7, 11) is 0. The van der Waals surface area contributed by atoms with Crippen molar-refractivity contribution in [1.82, 2.24) is 4.90 Å². The molecule has 28 heavy (non-hydrogen) atoms. The number of likely N-dealkylation sites (tertiary alicyclic amines) is 1. The Labute approximate surface area is 165 Å². The van der Waals surface area contributed by atoms with Gasteiger partial charge in [-0.05, 0) is 55.7 Å². The van der Waals surface area contributed by atoms with Gasteiger partial charge in [-0.25, -0.2) is 0 Å². The fourth-order valence-electron chi connectivity index (χ4n) is 4.12. The first-order valence-corrected chi connectivity index (χ1v) is 9.92. The second-order valence-electron chi connectivity index (χ2n) is 7.50. The van der Waals surface area contributed by atoms with E-state index in [1.54, 1.807) is 12.1 Å². The second-order valence-corrected chi connectivity index (χ2v) is 7.50. The molecule has 0 spiro atoms. The summed E-state index contributed by atoms with van der Waals surface area (Å²) in [6.07, 6.45) is 3.71. The Morgan fingerprint density at radius 1 is 1.00 bits per heavy atom. The molecule has 2 aliphatic heterocycles.